The van der Waals surface area contributed by atoms with Crippen molar-refractivity contribution in [3.63, 3.8) is 0 Å². The first kappa shape index (κ1) is 21.7. The van der Waals surface area contributed by atoms with Crippen LogP contribution in [0.25, 0.3) is 11.0 Å². The first-order valence-electron chi connectivity index (χ1n) is 10.5. The van der Waals surface area contributed by atoms with Crippen LogP contribution in [0, 0.1) is 5.92 Å². The molecule has 0 aliphatic rings. The van der Waals surface area contributed by atoms with Crippen LogP contribution in [0.4, 0.5) is 0 Å². The fourth-order valence-corrected chi connectivity index (χ4v) is 3.48. The molecule has 3 aromatic rings. The number of imidazole rings is 1. The Kier molecular flexibility index (Phi) is 7.33. The van der Waals surface area contributed by atoms with Crippen molar-refractivity contribution in [2.45, 2.75) is 39.7 Å². The van der Waals surface area contributed by atoms with Gasteiger partial charge in [0.2, 0.25) is 0 Å². The highest BCUT2D eigenvalue weighted by atomic mass is 16.5. The van der Waals surface area contributed by atoms with Gasteiger partial charge in [-0.15, -0.1) is 0 Å². The maximum absolute atomic E-state index is 12.5. The van der Waals surface area contributed by atoms with Crippen molar-refractivity contribution in [2.24, 2.45) is 5.92 Å². The zero-order valence-corrected chi connectivity index (χ0v) is 18.3. The molecule has 0 atom stereocenters. The zero-order valence-electron chi connectivity index (χ0n) is 18.3. The van der Waals surface area contributed by atoms with Crippen LogP contribution < -0.4 is 14.8 Å². The number of rotatable bonds is 10. The Hall–Kier alpha value is -3.02. The standard InChI is InChI=1S/C24H31N3O3/c1-17(2)13-15-27-20-9-6-5-8-19(20)26-23(27)10-7-14-25-24(28)18-11-12-21(29-3)22(16-18)30-4/h5-6,8-9,11-12,16-17H,7,10,13-15H2,1-4H3,(H,25,28). The van der Waals surface area contributed by atoms with E-state index >= 15 is 0 Å². The second kappa shape index (κ2) is 10.1. The number of carbonyl (C=O) groups is 1. The minimum Gasteiger partial charge on any atom is -0.493 e. The lowest BCUT2D eigenvalue weighted by Crippen LogP contribution is -2.25. The molecule has 0 fully saturated rings. The van der Waals surface area contributed by atoms with Gasteiger partial charge >= 0.3 is 0 Å². The molecular weight excluding hydrogens is 378 g/mol. The lowest BCUT2D eigenvalue weighted by atomic mass is 10.1. The van der Waals surface area contributed by atoms with Gasteiger partial charge in [0, 0.05) is 25.1 Å². The highest BCUT2D eigenvalue weighted by Crippen LogP contribution is 2.27. The summed E-state index contributed by atoms with van der Waals surface area (Å²) in [7, 11) is 3.14. The monoisotopic (exact) mass is 409 g/mol. The van der Waals surface area contributed by atoms with Crippen LogP contribution in [0.15, 0.2) is 42.5 Å². The number of nitrogens with zero attached hydrogens (tertiary/aromatic N) is 2. The number of benzene rings is 2. The molecule has 2 aromatic carbocycles. The van der Waals surface area contributed by atoms with Crippen molar-refractivity contribution in [3.05, 3.63) is 53.9 Å². The van der Waals surface area contributed by atoms with E-state index in [2.05, 4.69) is 41.9 Å². The van der Waals surface area contributed by atoms with Crippen molar-refractivity contribution in [3.8, 4) is 11.5 Å². The van der Waals surface area contributed by atoms with E-state index in [9.17, 15) is 4.79 Å². The number of aryl methyl sites for hydroxylation is 2. The minimum absolute atomic E-state index is 0.121. The van der Waals surface area contributed by atoms with E-state index in [1.54, 1.807) is 32.4 Å². The van der Waals surface area contributed by atoms with Crippen LogP contribution in [0.3, 0.4) is 0 Å². The van der Waals surface area contributed by atoms with Crippen LogP contribution >= 0.6 is 0 Å². The number of carbonyl (C=O) groups excluding carboxylic acids is 1. The quantitative estimate of drug-likeness (QED) is 0.502. The summed E-state index contributed by atoms with van der Waals surface area (Å²) in [6, 6.07) is 13.4. The Morgan fingerprint density at radius 2 is 1.87 bits per heavy atom. The number of hydrogen-bond acceptors (Lipinski definition) is 4. The number of nitrogens with one attached hydrogen (secondary N) is 1. The molecule has 0 aliphatic carbocycles. The first-order chi connectivity index (χ1) is 14.5. The molecule has 160 valence electrons. The molecule has 1 amide bonds. The summed E-state index contributed by atoms with van der Waals surface area (Å²) in [6.07, 6.45) is 2.76. The van der Waals surface area contributed by atoms with Gasteiger partial charge in [-0.1, -0.05) is 26.0 Å². The average Bonchev–Trinajstić information content (AvgIpc) is 3.11. The van der Waals surface area contributed by atoms with Crippen LogP contribution in [0.2, 0.25) is 0 Å². The van der Waals surface area contributed by atoms with Gasteiger partial charge in [-0.3, -0.25) is 4.79 Å². The highest BCUT2D eigenvalue weighted by molar-refractivity contribution is 5.94. The van der Waals surface area contributed by atoms with Gasteiger partial charge in [0.15, 0.2) is 11.5 Å². The van der Waals surface area contributed by atoms with Gasteiger partial charge in [0.1, 0.15) is 5.82 Å². The number of fused-ring (bicyclic) bond motifs is 1. The van der Waals surface area contributed by atoms with Crippen molar-refractivity contribution in [1.82, 2.24) is 14.9 Å². The molecule has 0 radical (unpaired) electrons. The summed E-state index contributed by atoms with van der Waals surface area (Å²) in [5.41, 5.74) is 2.77. The number of hydrogen-bond donors (Lipinski definition) is 1. The van der Waals surface area contributed by atoms with Crippen LogP contribution in [0.1, 0.15) is 42.9 Å². The summed E-state index contributed by atoms with van der Waals surface area (Å²) < 4.78 is 12.8. The van der Waals surface area contributed by atoms with Gasteiger partial charge < -0.3 is 19.4 Å². The normalized spacial score (nSPS) is 11.1. The third kappa shape index (κ3) is 5.12. The largest absolute Gasteiger partial charge is 0.493 e. The third-order valence-electron chi connectivity index (χ3n) is 5.17. The van der Waals surface area contributed by atoms with Gasteiger partial charge in [-0.05, 0) is 49.1 Å². The van der Waals surface area contributed by atoms with E-state index in [1.807, 2.05) is 6.07 Å². The molecule has 0 aliphatic heterocycles. The molecule has 0 unspecified atom stereocenters. The molecule has 0 bridgehead atoms. The lowest BCUT2D eigenvalue weighted by Gasteiger charge is -2.12. The van der Waals surface area contributed by atoms with Gasteiger partial charge in [0.25, 0.3) is 5.91 Å². The van der Waals surface area contributed by atoms with Crippen molar-refractivity contribution in [1.29, 1.82) is 0 Å². The zero-order chi connectivity index (χ0) is 21.5. The third-order valence-corrected chi connectivity index (χ3v) is 5.17. The summed E-state index contributed by atoms with van der Waals surface area (Å²) in [4.78, 5) is 17.3. The highest BCUT2D eigenvalue weighted by Gasteiger charge is 2.12. The average molecular weight is 410 g/mol. The van der Waals surface area contributed by atoms with Gasteiger partial charge in [-0.2, -0.15) is 0 Å². The van der Waals surface area contributed by atoms with Gasteiger partial charge in [0.05, 0.1) is 25.3 Å². The fourth-order valence-electron chi connectivity index (χ4n) is 3.48. The van der Waals surface area contributed by atoms with Gasteiger partial charge in [-0.25, -0.2) is 4.98 Å². The summed E-state index contributed by atoms with van der Waals surface area (Å²) >= 11 is 0. The molecule has 1 N–H and O–H groups in total. The predicted octanol–water partition coefficient (Wildman–Crippen LogP) is 4.46. The topological polar surface area (TPSA) is 65.4 Å². The lowest BCUT2D eigenvalue weighted by molar-refractivity contribution is 0.0952. The number of para-hydroxylation sites is 2. The summed E-state index contributed by atoms with van der Waals surface area (Å²) in [5, 5.41) is 2.99. The minimum atomic E-state index is -0.121. The predicted molar refractivity (Wildman–Crippen MR) is 119 cm³/mol. The van der Waals surface area contributed by atoms with E-state index in [1.165, 1.54) is 5.52 Å². The molecule has 30 heavy (non-hydrogen) atoms. The molecule has 0 saturated heterocycles. The Bertz CT molecular complexity index is 995. The van der Waals surface area contributed by atoms with Crippen LogP contribution in [-0.4, -0.2) is 36.2 Å². The van der Waals surface area contributed by atoms with Crippen LogP contribution in [0.5, 0.6) is 11.5 Å². The van der Waals surface area contributed by atoms with E-state index in [-0.39, 0.29) is 5.91 Å². The fraction of sp³-hybridized carbons (Fsp3) is 0.417. The van der Waals surface area contributed by atoms with E-state index < -0.39 is 0 Å². The molecular formula is C24H31N3O3. The summed E-state index contributed by atoms with van der Waals surface area (Å²) in [6.45, 7) is 6.02. The Morgan fingerprint density at radius 1 is 1.10 bits per heavy atom. The van der Waals surface area contributed by atoms with Crippen molar-refractivity contribution >= 4 is 16.9 Å². The van der Waals surface area contributed by atoms with Crippen molar-refractivity contribution in [2.75, 3.05) is 20.8 Å². The number of methoxy groups -OCH3 is 2. The Morgan fingerprint density at radius 3 is 2.60 bits per heavy atom. The number of amides is 1. The number of ether oxygens (including phenoxy) is 2. The molecule has 6 nitrogen and oxygen atoms in total. The second-order valence-corrected chi connectivity index (χ2v) is 7.78. The SMILES string of the molecule is COc1ccc(C(=O)NCCCc2nc3ccccc3n2CCC(C)C)cc1OC. The smallest absolute Gasteiger partial charge is 0.251 e. The Balaban J connectivity index is 1.60. The molecule has 0 saturated carbocycles. The maximum atomic E-state index is 12.5. The second-order valence-electron chi connectivity index (χ2n) is 7.78. The molecule has 1 aromatic heterocycles. The first-order valence-corrected chi connectivity index (χ1v) is 10.5. The molecule has 0 spiro atoms. The molecule has 1 heterocycles. The Labute approximate surface area is 178 Å². The maximum Gasteiger partial charge on any atom is 0.251 e. The van der Waals surface area contributed by atoms with E-state index in [4.69, 9.17) is 14.5 Å². The van der Waals surface area contributed by atoms with Crippen LogP contribution in [-0.2, 0) is 13.0 Å². The van der Waals surface area contributed by atoms with E-state index in [0.29, 0.717) is 29.5 Å². The van der Waals surface area contributed by atoms with Crippen molar-refractivity contribution < 1.29 is 14.3 Å². The summed E-state index contributed by atoms with van der Waals surface area (Å²) in [5.74, 6) is 2.75. The molecule has 6 heteroatoms. The van der Waals surface area contributed by atoms with E-state index in [0.717, 1.165) is 37.1 Å². The number of aromatic nitrogens is 2. The molecule has 3 rings (SSSR count).